The third-order valence-electron chi connectivity index (χ3n) is 2.64. The number of carbonyl (C=O) groups is 2. The van der Waals surface area contributed by atoms with Crippen molar-refractivity contribution in [2.24, 2.45) is 0 Å². The van der Waals surface area contributed by atoms with Crippen LogP contribution < -0.4 is 11.1 Å². The molecule has 0 aliphatic carbocycles. The summed E-state index contributed by atoms with van der Waals surface area (Å²) in [6.07, 6.45) is 0. The molecule has 2 aromatic carbocycles. The number of ketones is 1. The zero-order chi connectivity index (χ0) is 13.8. The van der Waals surface area contributed by atoms with Gasteiger partial charge in [0.2, 0.25) is 5.91 Å². The number of hydrogen-bond donors (Lipinski definition) is 2. The van der Waals surface area contributed by atoms with Crippen LogP contribution in [0.15, 0.2) is 48.5 Å². The predicted molar refractivity (Wildman–Crippen MR) is 75.0 cm³/mol. The Labute approximate surface area is 111 Å². The molecule has 0 aliphatic rings. The first-order valence-electron chi connectivity index (χ1n) is 5.84. The molecule has 0 radical (unpaired) electrons. The highest BCUT2D eigenvalue weighted by Gasteiger charge is 2.08. The fourth-order valence-electron chi connectivity index (χ4n) is 1.71. The van der Waals surface area contributed by atoms with Gasteiger partial charge in [-0.3, -0.25) is 9.59 Å². The lowest BCUT2D eigenvalue weighted by Gasteiger charge is -2.04. The standard InChI is InChI=1S/C15H14N2O2/c1-10(18)17-14-8-4-12(5-9-14)15(19)11-2-6-13(16)7-3-11/h2-9H,16H2,1H3,(H,17,18). The lowest BCUT2D eigenvalue weighted by atomic mass is 10.0. The SMILES string of the molecule is CC(=O)Nc1ccc(C(=O)c2ccc(N)cc2)cc1. The third-order valence-corrected chi connectivity index (χ3v) is 2.64. The number of hydrogen-bond acceptors (Lipinski definition) is 3. The van der Waals surface area contributed by atoms with Crippen molar-refractivity contribution < 1.29 is 9.59 Å². The van der Waals surface area contributed by atoms with Crippen LogP contribution in [0.5, 0.6) is 0 Å². The lowest BCUT2D eigenvalue weighted by Crippen LogP contribution is -2.06. The maximum absolute atomic E-state index is 12.2. The van der Waals surface area contributed by atoms with E-state index in [0.717, 1.165) is 0 Å². The van der Waals surface area contributed by atoms with Gasteiger partial charge < -0.3 is 11.1 Å². The molecule has 4 heteroatoms. The first-order chi connectivity index (χ1) is 9.06. The summed E-state index contributed by atoms with van der Waals surface area (Å²) >= 11 is 0. The fourth-order valence-corrected chi connectivity index (χ4v) is 1.71. The maximum atomic E-state index is 12.2. The molecule has 3 N–H and O–H groups in total. The minimum Gasteiger partial charge on any atom is -0.399 e. The summed E-state index contributed by atoms with van der Waals surface area (Å²) in [6, 6.07) is 13.5. The van der Waals surface area contributed by atoms with Gasteiger partial charge in [-0.05, 0) is 48.5 Å². The number of amides is 1. The molecule has 96 valence electrons. The first kappa shape index (κ1) is 12.8. The van der Waals surface area contributed by atoms with E-state index in [1.54, 1.807) is 48.5 Å². The summed E-state index contributed by atoms with van der Waals surface area (Å²) in [5, 5.41) is 2.65. The molecule has 0 atom stereocenters. The Balaban J connectivity index is 2.20. The molecule has 0 spiro atoms. The van der Waals surface area contributed by atoms with E-state index >= 15 is 0 Å². The van der Waals surface area contributed by atoms with Crippen LogP contribution in [-0.4, -0.2) is 11.7 Å². The smallest absolute Gasteiger partial charge is 0.221 e. The van der Waals surface area contributed by atoms with Gasteiger partial charge in [-0.15, -0.1) is 0 Å². The largest absolute Gasteiger partial charge is 0.399 e. The zero-order valence-electron chi connectivity index (χ0n) is 10.5. The third kappa shape index (κ3) is 3.19. The van der Waals surface area contributed by atoms with Crippen molar-refractivity contribution in [1.29, 1.82) is 0 Å². The zero-order valence-corrected chi connectivity index (χ0v) is 10.5. The number of nitrogens with one attached hydrogen (secondary N) is 1. The molecule has 0 aliphatic heterocycles. The molecule has 0 fully saturated rings. The van der Waals surface area contributed by atoms with Crippen LogP contribution in [0.3, 0.4) is 0 Å². The van der Waals surface area contributed by atoms with Crippen LogP contribution in [0.4, 0.5) is 11.4 Å². The number of nitrogens with two attached hydrogens (primary N) is 1. The molecule has 0 saturated carbocycles. The van der Waals surface area contributed by atoms with Crippen molar-refractivity contribution in [3.8, 4) is 0 Å². The fraction of sp³-hybridized carbons (Fsp3) is 0.0667. The Morgan fingerprint density at radius 3 is 1.84 bits per heavy atom. The molecular weight excluding hydrogens is 240 g/mol. The van der Waals surface area contributed by atoms with Crippen molar-refractivity contribution in [1.82, 2.24) is 0 Å². The molecule has 0 unspecified atom stereocenters. The minimum atomic E-state index is -0.141. The number of rotatable bonds is 3. The summed E-state index contributed by atoms with van der Waals surface area (Å²) in [7, 11) is 0. The Morgan fingerprint density at radius 1 is 0.895 bits per heavy atom. The second kappa shape index (κ2) is 5.35. The van der Waals surface area contributed by atoms with Crippen LogP contribution in [0.2, 0.25) is 0 Å². The summed E-state index contributed by atoms with van der Waals surface area (Å²) in [4.78, 5) is 23.1. The van der Waals surface area contributed by atoms with E-state index in [-0.39, 0.29) is 11.7 Å². The number of carbonyl (C=O) groups excluding carboxylic acids is 2. The predicted octanol–water partition coefficient (Wildman–Crippen LogP) is 2.46. The Hall–Kier alpha value is -2.62. The second-order valence-corrected chi connectivity index (χ2v) is 4.21. The van der Waals surface area contributed by atoms with Gasteiger partial charge in [-0.25, -0.2) is 0 Å². The molecule has 1 amide bonds. The van der Waals surface area contributed by atoms with E-state index in [9.17, 15) is 9.59 Å². The van der Waals surface area contributed by atoms with Gasteiger partial charge >= 0.3 is 0 Å². The van der Waals surface area contributed by atoms with E-state index in [2.05, 4.69) is 5.32 Å². The summed E-state index contributed by atoms with van der Waals surface area (Å²) in [5.74, 6) is -0.216. The highest BCUT2D eigenvalue weighted by atomic mass is 16.1. The Morgan fingerprint density at radius 2 is 1.37 bits per heavy atom. The number of nitrogen functional groups attached to an aromatic ring is 1. The van der Waals surface area contributed by atoms with Crippen LogP contribution in [0, 0.1) is 0 Å². The van der Waals surface area contributed by atoms with Crippen LogP contribution >= 0.6 is 0 Å². The van der Waals surface area contributed by atoms with Crippen LogP contribution in [0.25, 0.3) is 0 Å². The van der Waals surface area contributed by atoms with Gasteiger partial charge in [0.1, 0.15) is 0 Å². The van der Waals surface area contributed by atoms with Gasteiger partial charge in [0, 0.05) is 29.4 Å². The molecule has 0 heterocycles. The molecule has 19 heavy (non-hydrogen) atoms. The second-order valence-electron chi connectivity index (χ2n) is 4.21. The minimum absolute atomic E-state index is 0.0747. The van der Waals surface area contributed by atoms with E-state index in [1.165, 1.54) is 6.92 Å². The Bertz CT molecular complexity index is 601. The van der Waals surface area contributed by atoms with Crippen LogP contribution in [0.1, 0.15) is 22.8 Å². The number of anilines is 2. The molecule has 4 nitrogen and oxygen atoms in total. The van der Waals surface area contributed by atoms with Crippen molar-refractivity contribution in [2.45, 2.75) is 6.92 Å². The van der Waals surface area contributed by atoms with E-state index in [1.807, 2.05) is 0 Å². The van der Waals surface area contributed by atoms with Gasteiger partial charge in [0.15, 0.2) is 5.78 Å². The van der Waals surface area contributed by atoms with Gasteiger partial charge in [-0.2, -0.15) is 0 Å². The van der Waals surface area contributed by atoms with Gasteiger partial charge in [0.25, 0.3) is 0 Å². The molecule has 0 aromatic heterocycles. The lowest BCUT2D eigenvalue weighted by molar-refractivity contribution is -0.114. The topological polar surface area (TPSA) is 72.2 Å². The molecular formula is C15H14N2O2. The normalized spacial score (nSPS) is 9.95. The van der Waals surface area contributed by atoms with Crippen molar-refractivity contribution in [2.75, 3.05) is 11.1 Å². The van der Waals surface area contributed by atoms with E-state index in [4.69, 9.17) is 5.73 Å². The average molecular weight is 254 g/mol. The van der Waals surface area contributed by atoms with E-state index in [0.29, 0.717) is 22.5 Å². The quantitative estimate of drug-likeness (QED) is 0.652. The van der Waals surface area contributed by atoms with E-state index < -0.39 is 0 Å². The summed E-state index contributed by atoms with van der Waals surface area (Å²) < 4.78 is 0. The van der Waals surface area contributed by atoms with Crippen molar-refractivity contribution in [3.05, 3.63) is 59.7 Å². The summed E-state index contributed by atoms with van der Waals surface area (Å²) in [6.45, 7) is 1.44. The number of benzene rings is 2. The highest BCUT2D eigenvalue weighted by Crippen LogP contribution is 2.15. The van der Waals surface area contributed by atoms with Gasteiger partial charge in [-0.1, -0.05) is 0 Å². The summed E-state index contributed by atoms with van der Waals surface area (Å²) in [5.41, 5.74) is 8.02. The highest BCUT2D eigenvalue weighted by molar-refractivity contribution is 6.09. The Kier molecular flexibility index (Phi) is 3.61. The molecule has 0 saturated heterocycles. The van der Waals surface area contributed by atoms with Crippen molar-refractivity contribution >= 4 is 23.1 Å². The molecule has 2 rings (SSSR count). The van der Waals surface area contributed by atoms with Crippen LogP contribution in [-0.2, 0) is 4.79 Å². The van der Waals surface area contributed by atoms with Crippen molar-refractivity contribution in [3.63, 3.8) is 0 Å². The average Bonchev–Trinajstić information content (AvgIpc) is 2.39. The maximum Gasteiger partial charge on any atom is 0.221 e. The monoisotopic (exact) mass is 254 g/mol. The molecule has 2 aromatic rings. The van der Waals surface area contributed by atoms with Gasteiger partial charge in [0.05, 0.1) is 0 Å². The molecule has 0 bridgehead atoms. The first-order valence-corrected chi connectivity index (χ1v) is 5.84.